The number of hydrogen-bond donors (Lipinski definition) is 2. The summed E-state index contributed by atoms with van der Waals surface area (Å²) in [5.74, 6) is -0.650. The highest BCUT2D eigenvalue weighted by Gasteiger charge is 2.32. The zero-order valence-electron chi connectivity index (χ0n) is 16.4. The maximum Gasteiger partial charge on any atom is 0.271 e. The van der Waals surface area contributed by atoms with Gasteiger partial charge in [-0.25, -0.2) is 0 Å². The molecule has 0 spiro atoms. The lowest BCUT2D eigenvalue weighted by molar-refractivity contribution is -0.124. The van der Waals surface area contributed by atoms with E-state index in [-0.39, 0.29) is 29.5 Å². The summed E-state index contributed by atoms with van der Waals surface area (Å²) in [5, 5.41) is 0.272. The van der Waals surface area contributed by atoms with Crippen molar-refractivity contribution >= 4 is 63.7 Å². The molecular weight excluding hydrogens is 458 g/mol. The van der Waals surface area contributed by atoms with Crippen LogP contribution in [-0.2, 0) is 9.59 Å². The fourth-order valence-electron chi connectivity index (χ4n) is 2.73. The molecule has 1 saturated heterocycles. The number of amides is 3. The lowest BCUT2D eigenvalue weighted by Gasteiger charge is -2.14. The third kappa shape index (κ3) is 5.63. The van der Waals surface area contributed by atoms with Gasteiger partial charge in [-0.2, -0.15) is 0 Å². The number of nitrogens with one attached hydrogen (secondary N) is 2. The van der Waals surface area contributed by atoms with Crippen LogP contribution in [0.5, 0.6) is 5.75 Å². The number of benzene rings is 2. The summed E-state index contributed by atoms with van der Waals surface area (Å²) in [6.45, 7) is 0.0850. The lowest BCUT2D eigenvalue weighted by atomic mass is 10.2. The predicted molar refractivity (Wildman–Crippen MR) is 125 cm³/mol. The van der Waals surface area contributed by atoms with Gasteiger partial charge in [0.05, 0.1) is 22.6 Å². The third-order valence-corrected chi connectivity index (χ3v) is 6.00. The van der Waals surface area contributed by atoms with Crippen molar-refractivity contribution in [3.8, 4) is 5.75 Å². The van der Waals surface area contributed by atoms with Crippen molar-refractivity contribution in [2.45, 2.75) is 6.42 Å². The van der Waals surface area contributed by atoms with E-state index in [9.17, 15) is 14.4 Å². The minimum Gasteiger partial charge on any atom is -0.496 e. The molecule has 1 fully saturated rings. The molecule has 1 heterocycles. The Labute approximate surface area is 193 Å². The Hall–Kier alpha value is -2.88. The first-order valence-corrected chi connectivity index (χ1v) is 10.7. The monoisotopic (exact) mass is 475 g/mol. The van der Waals surface area contributed by atoms with E-state index in [0.29, 0.717) is 15.0 Å². The number of carbonyl (C=O) groups is 3. The van der Waals surface area contributed by atoms with E-state index in [0.717, 1.165) is 17.3 Å². The van der Waals surface area contributed by atoms with Crippen molar-refractivity contribution in [2.24, 2.45) is 0 Å². The van der Waals surface area contributed by atoms with Gasteiger partial charge in [-0.3, -0.25) is 30.1 Å². The molecule has 1 aliphatic rings. The van der Waals surface area contributed by atoms with Crippen LogP contribution in [0.25, 0.3) is 6.08 Å². The minimum absolute atomic E-state index is 0.0445. The van der Waals surface area contributed by atoms with Gasteiger partial charge >= 0.3 is 0 Å². The van der Waals surface area contributed by atoms with Crippen LogP contribution in [0.15, 0.2) is 53.4 Å². The molecule has 0 atom stereocenters. The standard InChI is InChI=1S/C21H18ClN3O4S2/c1-29-16-9-5-2-6-13(16)12-17-20(28)25(21(30)31-17)11-10-18(26)23-24-19(27)14-7-3-4-8-15(14)22/h2-9,12H,10-11H2,1H3,(H,23,26)(H,24,27)/b17-12-. The Morgan fingerprint density at radius 2 is 1.87 bits per heavy atom. The molecular formula is C21H18ClN3O4S2. The topological polar surface area (TPSA) is 87.7 Å². The van der Waals surface area contributed by atoms with Gasteiger partial charge in [0.2, 0.25) is 5.91 Å². The quantitative estimate of drug-likeness (QED) is 0.378. The average molecular weight is 476 g/mol. The molecule has 0 bridgehead atoms. The van der Waals surface area contributed by atoms with Crippen molar-refractivity contribution in [3.63, 3.8) is 0 Å². The Kier molecular flexibility index (Phi) is 7.67. The summed E-state index contributed by atoms with van der Waals surface area (Å²) < 4.78 is 5.66. The summed E-state index contributed by atoms with van der Waals surface area (Å²) >= 11 is 12.4. The number of hydrogen-bond acceptors (Lipinski definition) is 6. The molecule has 7 nitrogen and oxygen atoms in total. The number of hydrazine groups is 1. The normalized spacial score (nSPS) is 14.6. The summed E-state index contributed by atoms with van der Waals surface area (Å²) in [5.41, 5.74) is 5.61. The van der Waals surface area contributed by atoms with E-state index < -0.39 is 11.8 Å². The van der Waals surface area contributed by atoms with Crippen molar-refractivity contribution in [2.75, 3.05) is 13.7 Å². The Bertz CT molecular complexity index is 1070. The number of carbonyl (C=O) groups excluding carboxylic acids is 3. The number of thioether (sulfide) groups is 1. The number of rotatable bonds is 6. The van der Waals surface area contributed by atoms with Crippen LogP contribution >= 0.6 is 35.6 Å². The number of methoxy groups -OCH3 is 1. The van der Waals surface area contributed by atoms with Crippen LogP contribution in [0.1, 0.15) is 22.3 Å². The van der Waals surface area contributed by atoms with E-state index in [2.05, 4.69) is 10.9 Å². The number of para-hydroxylation sites is 1. The second kappa shape index (κ2) is 10.4. The van der Waals surface area contributed by atoms with Gasteiger partial charge in [-0.15, -0.1) is 0 Å². The van der Waals surface area contributed by atoms with Gasteiger partial charge in [0.1, 0.15) is 10.1 Å². The first-order chi connectivity index (χ1) is 14.9. The highest BCUT2D eigenvalue weighted by Crippen LogP contribution is 2.34. The molecule has 3 amide bonds. The van der Waals surface area contributed by atoms with Gasteiger partial charge in [0, 0.05) is 18.5 Å². The van der Waals surface area contributed by atoms with E-state index in [1.165, 1.54) is 11.0 Å². The van der Waals surface area contributed by atoms with E-state index in [1.807, 2.05) is 18.2 Å². The Morgan fingerprint density at radius 3 is 2.61 bits per heavy atom. The maximum atomic E-state index is 12.7. The molecule has 0 aliphatic carbocycles. The summed E-state index contributed by atoms with van der Waals surface area (Å²) in [4.78, 5) is 38.7. The van der Waals surface area contributed by atoms with Crippen LogP contribution in [0.4, 0.5) is 0 Å². The van der Waals surface area contributed by atoms with Gasteiger partial charge in [-0.1, -0.05) is 65.9 Å². The molecule has 0 saturated carbocycles. The molecule has 0 unspecified atom stereocenters. The molecule has 10 heteroatoms. The van der Waals surface area contributed by atoms with Crippen molar-refractivity contribution < 1.29 is 19.1 Å². The zero-order chi connectivity index (χ0) is 22.4. The van der Waals surface area contributed by atoms with Gasteiger partial charge in [0.15, 0.2) is 0 Å². The third-order valence-electron chi connectivity index (χ3n) is 4.30. The smallest absolute Gasteiger partial charge is 0.271 e. The number of thiocarbonyl (C=S) groups is 1. The first-order valence-electron chi connectivity index (χ1n) is 9.13. The molecule has 2 aromatic carbocycles. The van der Waals surface area contributed by atoms with E-state index >= 15 is 0 Å². The van der Waals surface area contributed by atoms with Crippen LogP contribution in [0.3, 0.4) is 0 Å². The Balaban J connectivity index is 1.55. The molecule has 3 rings (SSSR count). The fourth-order valence-corrected chi connectivity index (χ4v) is 4.26. The summed E-state index contributed by atoms with van der Waals surface area (Å²) in [6, 6.07) is 13.8. The molecule has 2 aromatic rings. The summed E-state index contributed by atoms with van der Waals surface area (Å²) in [6.07, 6.45) is 1.67. The fraction of sp³-hybridized carbons (Fsp3) is 0.143. The van der Waals surface area contributed by atoms with Crippen LogP contribution in [0.2, 0.25) is 5.02 Å². The van der Waals surface area contributed by atoms with Crippen LogP contribution in [0, 0.1) is 0 Å². The van der Waals surface area contributed by atoms with Crippen LogP contribution < -0.4 is 15.6 Å². The molecule has 2 N–H and O–H groups in total. The minimum atomic E-state index is -0.538. The van der Waals surface area contributed by atoms with Crippen molar-refractivity contribution in [3.05, 3.63) is 69.6 Å². The van der Waals surface area contributed by atoms with E-state index in [1.54, 1.807) is 37.5 Å². The van der Waals surface area contributed by atoms with Crippen LogP contribution in [-0.4, -0.2) is 40.6 Å². The highest BCUT2D eigenvalue weighted by atomic mass is 35.5. The number of ether oxygens (including phenoxy) is 1. The van der Waals surface area contributed by atoms with Crippen molar-refractivity contribution in [1.82, 2.24) is 15.8 Å². The Morgan fingerprint density at radius 1 is 1.16 bits per heavy atom. The average Bonchev–Trinajstić information content (AvgIpc) is 3.03. The number of halogens is 1. The zero-order valence-corrected chi connectivity index (χ0v) is 18.8. The largest absolute Gasteiger partial charge is 0.496 e. The van der Waals surface area contributed by atoms with Crippen molar-refractivity contribution in [1.29, 1.82) is 0 Å². The summed E-state index contributed by atoms with van der Waals surface area (Å²) in [7, 11) is 1.56. The maximum absolute atomic E-state index is 12.7. The molecule has 160 valence electrons. The predicted octanol–water partition coefficient (Wildman–Crippen LogP) is 3.40. The molecule has 1 aliphatic heterocycles. The van der Waals surface area contributed by atoms with Gasteiger partial charge in [-0.05, 0) is 24.3 Å². The highest BCUT2D eigenvalue weighted by molar-refractivity contribution is 8.26. The molecule has 0 radical (unpaired) electrons. The molecule has 0 aromatic heterocycles. The van der Waals surface area contributed by atoms with Gasteiger partial charge < -0.3 is 4.74 Å². The molecule has 31 heavy (non-hydrogen) atoms. The van der Waals surface area contributed by atoms with E-state index in [4.69, 9.17) is 28.6 Å². The van der Waals surface area contributed by atoms with Gasteiger partial charge in [0.25, 0.3) is 11.8 Å². The first kappa shape index (κ1) is 22.8. The second-order valence-electron chi connectivity index (χ2n) is 6.31. The number of nitrogens with zero attached hydrogens (tertiary/aromatic N) is 1. The lowest BCUT2D eigenvalue weighted by Crippen LogP contribution is -2.43. The second-order valence-corrected chi connectivity index (χ2v) is 8.39. The SMILES string of the molecule is COc1ccccc1/C=C1\SC(=S)N(CCC(=O)NNC(=O)c2ccccc2Cl)C1=O.